The van der Waals surface area contributed by atoms with Crippen molar-refractivity contribution in [2.45, 2.75) is 19.8 Å². The van der Waals surface area contributed by atoms with Gasteiger partial charge in [-0.05, 0) is 17.6 Å². The first kappa shape index (κ1) is 12.6. The molecule has 0 N–H and O–H groups in total. The fourth-order valence-electron chi connectivity index (χ4n) is 1.63. The van der Waals surface area contributed by atoms with Crippen LogP contribution in [0.4, 0.5) is 0 Å². The standard InChI is InChI=1S/C7H6.C6H6AsClN2/c1-2-7-4-3-6(1)5-7;1-2-4-3-9-6(7)10-5(4)8/h1-4H,5H2;3H,2H2,1H3. The van der Waals surface area contributed by atoms with Crippen LogP contribution < -0.4 is 4.61 Å². The number of allylic oxidation sites excluding steroid dienone is 6. The second kappa shape index (κ2) is 5.66. The third-order valence-electron chi connectivity index (χ3n) is 2.61. The molecule has 0 atom stereocenters. The van der Waals surface area contributed by atoms with E-state index >= 15 is 0 Å². The van der Waals surface area contributed by atoms with Gasteiger partial charge in [-0.3, -0.25) is 0 Å². The number of hydrogen-bond acceptors (Lipinski definition) is 2. The number of rotatable bonds is 1. The Balaban J connectivity index is 0.000000134. The van der Waals surface area contributed by atoms with Gasteiger partial charge < -0.3 is 0 Å². The Kier molecular flexibility index (Phi) is 4.19. The number of halogens is 1. The first-order chi connectivity index (χ1) is 8.19. The van der Waals surface area contributed by atoms with E-state index in [9.17, 15) is 0 Å². The van der Waals surface area contributed by atoms with Gasteiger partial charge >= 0.3 is 73.3 Å². The predicted octanol–water partition coefficient (Wildman–Crippen LogP) is 2.30. The van der Waals surface area contributed by atoms with Crippen LogP contribution in [0.25, 0.3) is 0 Å². The normalized spacial score (nSPS) is 15.2. The van der Waals surface area contributed by atoms with Crippen LogP contribution in [0.1, 0.15) is 18.9 Å². The van der Waals surface area contributed by atoms with E-state index in [4.69, 9.17) is 11.6 Å². The zero-order chi connectivity index (χ0) is 12.3. The SMILES string of the molecule is C1=CC2=CC=C1C2.CCc1cnc([As])nc1Cl. The van der Waals surface area contributed by atoms with Crippen LogP contribution in [0.3, 0.4) is 0 Å². The molecule has 0 fully saturated rings. The minimum absolute atomic E-state index is 0.563. The van der Waals surface area contributed by atoms with Gasteiger partial charge in [-0.25, -0.2) is 0 Å². The van der Waals surface area contributed by atoms with Gasteiger partial charge in [-0.1, -0.05) is 24.3 Å². The van der Waals surface area contributed by atoms with E-state index in [1.54, 1.807) is 6.20 Å². The van der Waals surface area contributed by atoms with E-state index in [0.717, 1.165) is 12.0 Å². The van der Waals surface area contributed by atoms with Crippen LogP contribution in [0.2, 0.25) is 5.15 Å². The molecular weight excluding hydrogens is 295 g/mol. The Morgan fingerprint density at radius 3 is 2.29 bits per heavy atom. The second-order valence-corrected chi connectivity index (χ2v) is 5.03. The molecule has 0 aliphatic heterocycles. The van der Waals surface area contributed by atoms with Crippen LogP contribution in [0.5, 0.6) is 0 Å². The monoisotopic (exact) mass is 306 g/mol. The summed E-state index contributed by atoms with van der Waals surface area (Å²) in [6.45, 7) is 2.02. The Bertz CT molecular complexity index is 498. The van der Waals surface area contributed by atoms with E-state index in [1.807, 2.05) is 6.92 Å². The van der Waals surface area contributed by atoms with Crippen molar-refractivity contribution in [3.05, 3.63) is 52.4 Å². The Hall–Kier alpha value is -0.852. The molecule has 1 aromatic heterocycles. The third kappa shape index (κ3) is 3.31. The van der Waals surface area contributed by atoms with Crippen LogP contribution in [0.15, 0.2) is 41.6 Å². The van der Waals surface area contributed by atoms with Crippen molar-refractivity contribution in [1.29, 1.82) is 0 Å². The predicted molar refractivity (Wildman–Crippen MR) is 71.7 cm³/mol. The molecule has 1 aromatic rings. The van der Waals surface area contributed by atoms with Crippen molar-refractivity contribution in [2.24, 2.45) is 0 Å². The minimum atomic E-state index is 0.563. The molecule has 1 heterocycles. The van der Waals surface area contributed by atoms with Crippen LogP contribution in [-0.2, 0) is 6.42 Å². The van der Waals surface area contributed by atoms with Crippen molar-refractivity contribution in [1.82, 2.24) is 9.97 Å². The van der Waals surface area contributed by atoms with E-state index in [0.29, 0.717) is 9.77 Å². The van der Waals surface area contributed by atoms with Crippen molar-refractivity contribution in [3.8, 4) is 0 Å². The summed E-state index contributed by atoms with van der Waals surface area (Å²) < 4.78 is 0.662. The molecule has 17 heavy (non-hydrogen) atoms. The van der Waals surface area contributed by atoms with Gasteiger partial charge in [0, 0.05) is 0 Å². The third-order valence-corrected chi connectivity index (χ3v) is 3.39. The molecule has 0 saturated heterocycles. The van der Waals surface area contributed by atoms with E-state index in [2.05, 4.69) is 51.1 Å². The summed E-state index contributed by atoms with van der Waals surface area (Å²) in [4.78, 5) is 7.96. The molecule has 2 aliphatic carbocycles. The number of nitrogens with zero attached hydrogens (tertiary/aromatic N) is 2. The number of fused-ring (bicyclic) bond motifs is 2. The summed E-state index contributed by atoms with van der Waals surface area (Å²) in [5.74, 6) is 0. The van der Waals surface area contributed by atoms with Gasteiger partial charge in [0.1, 0.15) is 0 Å². The average molecular weight is 307 g/mol. The number of hydrogen-bond donors (Lipinski definition) is 0. The molecular formula is C13H12AsClN2. The van der Waals surface area contributed by atoms with Gasteiger partial charge in [0.15, 0.2) is 0 Å². The maximum absolute atomic E-state index is 5.77. The fraction of sp³-hybridized carbons (Fsp3) is 0.231. The van der Waals surface area contributed by atoms with Gasteiger partial charge in [0.25, 0.3) is 0 Å². The fourth-order valence-corrected chi connectivity index (χ4v) is 2.35. The molecule has 0 spiro atoms. The van der Waals surface area contributed by atoms with Crippen molar-refractivity contribution in [3.63, 3.8) is 0 Å². The molecule has 2 radical (unpaired) electrons. The van der Waals surface area contributed by atoms with Gasteiger partial charge in [-0.2, -0.15) is 0 Å². The zero-order valence-electron chi connectivity index (χ0n) is 9.52. The average Bonchev–Trinajstić information content (AvgIpc) is 2.94. The molecule has 0 unspecified atom stereocenters. The quantitative estimate of drug-likeness (QED) is 0.588. The van der Waals surface area contributed by atoms with Crippen LogP contribution >= 0.6 is 11.6 Å². The Morgan fingerprint density at radius 2 is 1.94 bits per heavy atom. The Morgan fingerprint density at radius 1 is 1.29 bits per heavy atom. The molecule has 4 heteroatoms. The van der Waals surface area contributed by atoms with Gasteiger partial charge in [-0.15, -0.1) is 0 Å². The molecule has 0 aromatic carbocycles. The van der Waals surface area contributed by atoms with E-state index in [-0.39, 0.29) is 0 Å². The molecule has 2 aliphatic rings. The Labute approximate surface area is 115 Å². The van der Waals surface area contributed by atoms with E-state index in [1.165, 1.54) is 17.6 Å². The first-order valence-corrected chi connectivity index (χ1v) is 6.79. The van der Waals surface area contributed by atoms with Crippen molar-refractivity contribution >= 4 is 33.1 Å². The zero-order valence-corrected chi connectivity index (χ0v) is 12.2. The molecule has 2 bridgehead atoms. The molecule has 0 amide bonds. The second-order valence-electron chi connectivity index (χ2n) is 3.83. The van der Waals surface area contributed by atoms with Crippen LogP contribution in [0, 0.1) is 0 Å². The molecule has 2 nitrogen and oxygen atoms in total. The van der Waals surface area contributed by atoms with Gasteiger partial charge in [0.05, 0.1) is 0 Å². The summed E-state index contributed by atoms with van der Waals surface area (Å²) in [6, 6.07) is 0. The maximum atomic E-state index is 5.77. The first-order valence-electron chi connectivity index (χ1n) is 5.47. The van der Waals surface area contributed by atoms with Gasteiger partial charge in [0.2, 0.25) is 0 Å². The number of aromatic nitrogens is 2. The molecule has 86 valence electrons. The van der Waals surface area contributed by atoms with Crippen molar-refractivity contribution in [2.75, 3.05) is 0 Å². The molecule has 3 rings (SSSR count). The summed E-state index contributed by atoms with van der Waals surface area (Å²) in [5.41, 5.74) is 3.93. The van der Waals surface area contributed by atoms with Crippen LogP contribution in [-0.4, -0.2) is 26.8 Å². The van der Waals surface area contributed by atoms with Crippen molar-refractivity contribution < 1.29 is 0 Å². The molecule has 0 saturated carbocycles. The number of aryl methyl sites for hydroxylation is 1. The van der Waals surface area contributed by atoms with E-state index < -0.39 is 0 Å². The topological polar surface area (TPSA) is 25.8 Å². The summed E-state index contributed by atoms with van der Waals surface area (Å²) in [7, 11) is 0. The summed E-state index contributed by atoms with van der Waals surface area (Å²) in [5, 5.41) is 0.563. The summed E-state index contributed by atoms with van der Waals surface area (Å²) >= 11 is 8.02. The summed E-state index contributed by atoms with van der Waals surface area (Å²) in [6.07, 6.45) is 12.5.